The molecule has 1 aromatic carbocycles. The zero-order valence-corrected chi connectivity index (χ0v) is 17.2. The molecule has 1 aromatic heterocycles. The highest BCUT2D eigenvalue weighted by molar-refractivity contribution is 5.86. The van der Waals surface area contributed by atoms with Gasteiger partial charge in [-0.2, -0.15) is 0 Å². The number of rotatable bonds is 4. The number of hydrogen-bond acceptors (Lipinski definition) is 6. The summed E-state index contributed by atoms with van der Waals surface area (Å²) in [5.41, 5.74) is 0.955. The largest absolute Gasteiger partial charge is 0.464 e. The van der Waals surface area contributed by atoms with Crippen molar-refractivity contribution in [3.63, 3.8) is 0 Å². The molecule has 0 aliphatic carbocycles. The SMILES string of the molecule is COC(=O)c1coc(CN2C[C@@H]3CN(C(=O)N(C)C)[C@@H](c4cccc(F)c4)[C@@H]3C2)n1. The van der Waals surface area contributed by atoms with E-state index in [1.165, 1.54) is 25.5 Å². The Morgan fingerprint density at radius 3 is 2.80 bits per heavy atom. The lowest BCUT2D eigenvalue weighted by molar-refractivity contribution is 0.0594. The van der Waals surface area contributed by atoms with Gasteiger partial charge in [0.2, 0.25) is 5.89 Å². The van der Waals surface area contributed by atoms with Crippen LogP contribution in [0.2, 0.25) is 0 Å². The Hall–Kier alpha value is -2.94. The van der Waals surface area contributed by atoms with E-state index in [2.05, 4.69) is 14.6 Å². The molecule has 0 saturated carbocycles. The normalized spacial score (nSPS) is 23.5. The van der Waals surface area contributed by atoms with Crippen LogP contribution in [-0.4, -0.2) is 72.5 Å². The lowest BCUT2D eigenvalue weighted by Gasteiger charge is -2.31. The number of oxazole rings is 1. The molecule has 2 amide bonds. The third-order valence-electron chi connectivity index (χ3n) is 5.86. The zero-order chi connectivity index (χ0) is 21.4. The highest BCUT2D eigenvalue weighted by atomic mass is 19.1. The Balaban J connectivity index is 1.53. The zero-order valence-electron chi connectivity index (χ0n) is 17.2. The number of fused-ring (bicyclic) bond motifs is 1. The van der Waals surface area contributed by atoms with Crippen molar-refractivity contribution >= 4 is 12.0 Å². The number of aromatic nitrogens is 1. The van der Waals surface area contributed by atoms with Crippen LogP contribution < -0.4 is 0 Å². The highest BCUT2D eigenvalue weighted by Crippen LogP contribution is 2.45. The molecular formula is C21H25FN4O4. The molecule has 2 fully saturated rings. The summed E-state index contributed by atoms with van der Waals surface area (Å²) < 4.78 is 24.0. The van der Waals surface area contributed by atoms with Crippen LogP contribution >= 0.6 is 0 Å². The number of benzene rings is 1. The number of methoxy groups -OCH3 is 1. The van der Waals surface area contributed by atoms with Crippen LogP contribution in [0.4, 0.5) is 9.18 Å². The van der Waals surface area contributed by atoms with Crippen molar-refractivity contribution in [1.29, 1.82) is 0 Å². The number of carbonyl (C=O) groups excluding carboxylic acids is 2. The number of urea groups is 1. The summed E-state index contributed by atoms with van der Waals surface area (Å²) in [7, 11) is 4.76. The van der Waals surface area contributed by atoms with Crippen LogP contribution in [0.1, 0.15) is 28.0 Å². The van der Waals surface area contributed by atoms with Crippen LogP contribution in [-0.2, 0) is 11.3 Å². The second kappa shape index (κ2) is 8.06. The van der Waals surface area contributed by atoms with E-state index >= 15 is 0 Å². The Morgan fingerprint density at radius 2 is 2.10 bits per heavy atom. The van der Waals surface area contributed by atoms with E-state index in [4.69, 9.17) is 4.42 Å². The maximum absolute atomic E-state index is 13.9. The Bertz CT molecular complexity index is 947. The number of ether oxygens (including phenoxy) is 1. The predicted molar refractivity (Wildman–Crippen MR) is 105 cm³/mol. The Morgan fingerprint density at radius 1 is 1.30 bits per heavy atom. The van der Waals surface area contributed by atoms with Gasteiger partial charge in [-0.15, -0.1) is 0 Å². The topological polar surface area (TPSA) is 79.1 Å². The average Bonchev–Trinajstić information content (AvgIpc) is 3.41. The van der Waals surface area contributed by atoms with Crippen molar-refractivity contribution in [2.24, 2.45) is 11.8 Å². The first-order chi connectivity index (χ1) is 14.4. The van der Waals surface area contributed by atoms with Gasteiger partial charge in [0.15, 0.2) is 5.69 Å². The third kappa shape index (κ3) is 3.77. The minimum atomic E-state index is -0.535. The number of hydrogen-bond donors (Lipinski definition) is 0. The quantitative estimate of drug-likeness (QED) is 0.712. The molecule has 3 heterocycles. The molecule has 2 aliphatic heterocycles. The van der Waals surface area contributed by atoms with Crippen LogP contribution in [0.25, 0.3) is 0 Å². The molecule has 160 valence electrons. The van der Waals surface area contributed by atoms with Crippen LogP contribution in [0, 0.1) is 17.7 Å². The monoisotopic (exact) mass is 416 g/mol. The Kier molecular flexibility index (Phi) is 5.46. The molecule has 3 atom stereocenters. The number of nitrogens with zero attached hydrogens (tertiary/aromatic N) is 4. The third-order valence-corrected chi connectivity index (χ3v) is 5.86. The van der Waals surface area contributed by atoms with Crippen LogP contribution in [0.3, 0.4) is 0 Å². The van der Waals surface area contributed by atoms with Crippen molar-refractivity contribution in [3.05, 3.63) is 53.5 Å². The van der Waals surface area contributed by atoms with Gasteiger partial charge in [0.05, 0.1) is 19.7 Å². The smallest absolute Gasteiger partial charge is 0.360 e. The van der Waals surface area contributed by atoms with Gasteiger partial charge in [0, 0.05) is 39.6 Å². The molecule has 0 radical (unpaired) electrons. The molecule has 9 heteroatoms. The first-order valence-electron chi connectivity index (χ1n) is 9.86. The molecule has 2 aromatic rings. The van der Waals surface area contributed by atoms with E-state index in [-0.39, 0.29) is 35.4 Å². The fraction of sp³-hybridized carbons (Fsp3) is 0.476. The summed E-state index contributed by atoms with van der Waals surface area (Å²) in [6, 6.07) is 6.23. The predicted octanol–water partition coefficient (Wildman–Crippen LogP) is 2.39. The van der Waals surface area contributed by atoms with Gasteiger partial charge in [-0.05, 0) is 23.6 Å². The van der Waals surface area contributed by atoms with E-state index in [1.807, 2.05) is 11.0 Å². The van der Waals surface area contributed by atoms with Crippen molar-refractivity contribution in [2.75, 3.05) is 40.8 Å². The van der Waals surface area contributed by atoms with Gasteiger partial charge in [0.1, 0.15) is 12.1 Å². The van der Waals surface area contributed by atoms with Crippen molar-refractivity contribution < 1.29 is 23.1 Å². The minimum Gasteiger partial charge on any atom is -0.464 e. The van der Waals surface area contributed by atoms with Gasteiger partial charge in [-0.1, -0.05) is 12.1 Å². The lowest BCUT2D eigenvalue weighted by atomic mass is 9.89. The number of amides is 2. The lowest BCUT2D eigenvalue weighted by Crippen LogP contribution is -2.41. The molecule has 4 rings (SSSR count). The summed E-state index contributed by atoms with van der Waals surface area (Å²) in [4.78, 5) is 34.2. The van der Waals surface area contributed by atoms with Gasteiger partial charge < -0.3 is 19.0 Å². The molecule has 2 aliphatic rings. The number of likely N-dealkylation sites (tertiary alicyclic amines) is 2. The second-order valence-corrected chi connectivity index (χ2v) is 8.07. The average molecular weight is 416 g/mol. The molecule has 0 bridgehead atoms. The maximum Gasteiger partial charge on any atom is 0.360 e. The summed E-state index contributed by atoms with van der Waals surface area (Å²) >= 11 is 0. The van der Waals surface area contributed by atoms with Gasteiger partial charge in [0.25, 0.3) is 0 Å². The number of halogens is 1. The molecule has 0 unspecified atom stereocenters. The van der Waals surface area contributed by atoms with Gasteiger partial charge in [-0.25, -0.2) is 19.0 Å². The standard InChI is InChI=1S/C21H25FN4O4/c1-24(2)21(28)26-9-14-8-25(11-18-23-17(12-30-18)20(27)29-3)10-16(14)19(26)13-5-4-6-15(22)7-13/h4-7,12,14,16,19H,8-11H2,1-3H3/t14-,16-,19+/m1/s1. The van der Waals surface area contributed by atoms with Gasteiger partial charge in [-0.3, -0.25) is 4.90 Å². The molecule has 2 saturated heterocycles. The number of carbonyl (C=O) groups is 2. The molecular weight excluding hydrogens is 391 g/mol. The molecule has 8 nitrogen and oxygen atoms in total. The van der Waals surface area contributed by atoms with Crippen LogP contribution in [0.15, 0.2) is 34.9 Å². The fourth-order valence-corrected chi connectivity index (χ4v) is 4.61. The Labute approximate surface area is 174 Å². The van der Waals surface area contributed by atoms with E-state index < -0.39 is 5.97 Å². The van der Waals surface area contributed by atoms with Crippen molar-refractivity contribution in [1.82, 2.24) is 19.7 Å². The first-order valence-corrected chi connectivity index (χ1v) is 9.86. The fourth-order valence-electron chi connectivity index (χ4n) is 4.61. The van der Waals surface area contributed by atoms with Crippen molar-refractivity contribution in [3.8, 4) is 0 Å². The minimum absolute atomic E-state index is 0.0689. The maximum atomic E-state index is 13.9. The van der Waals surface area contributed by atoms with Gasteiger partial charge >= 0.3 is 12.0 Å². The van der Waals surface area contributed by atoms with E-state index in [0.29, 0.717) is 19.0 Å². The summed E-state index contributed by atoms with van der Waals surface area (Å²) in [5.74, 6) is 0.0346. The summed E-state index contributed by atoms with van der Waals surface area (Å²) in [5, 5.41) is 0. The van der Waals surface area contributed by atoms with E-state index in [1.54, 1.807) is 25.1 Å². The molecule has 30 heavy (non-hydrogen) atoms. The summed E-state index contributed by atoms with van der Waals surface area (Å²) in [6.07, 6.45) is 1.30. The molecule has 0 spiro atoms. The van der Waals surface area contributed by atoms with E-state index in [9.17, 15) is 14.0 Å². The number of esters is 1. The van der Waals surface area contributed by atoms with Crippen LogP contribution in [0.5, 0.6) is 0 Å². The highest BCUT2D eigenvalue weighted by Gasteiger charge is 2.49. The molecule has 0 N–H and O–H groups in total. The second-order valence-electron chi connectivity index (χ2n) is 8.07. The first kappa shape index (κ1) is 20.3. The van der Waals surface area contributed by atoms with Crippen molar-refractivity contribution in [2.45, 2.75) is 12.6 Å². The van der Waals surface area contributed by atoms with E-state index in [0.717, 1.165) is 18.7 Å². The summed E-state index contributed by atoms with van der Waals surface area (Å²) in [6.45, 7) is 2.56.